The van der Waals surface area contributed by atoms with Crippen molar-refractivity contribution in [2.75, 3.05) is 0 Å². The molecule has 0 radical (unpaired) electrons. The van der Waals surface area contributed by atoms with Crippen LogP contribution in [0.15, 0.2) is 46.0 Å². The van der Waals surface area contributed by atoms with Crippen LogP contribution in [0.1, 0.15) is 49.5 Å². The fourth-order valence-electron chi connectivity index (χ4n) is 3.83. The van der Waals surface area contributed by atoms with Gasteiger partial charge in [0.15, 0.2) is 0 Å². The largest absolute Gasteiger partial charge is 0.352 e. The van der Waals surface area contributed by atoms with E-state index in [-0.39, 0.29) is 51.3 Å². The number of carbonyl (C=O) groups excluding carboxylic acids is 1. The Morgan fingerprint density at radius 1 is 1.21 bits per heavy atom. The summed E-state index contributed by atoms with van der Waals surface area (Å²) in [5.74, 6) is -0.742. The first-order valence-electron chi connectivity index (χ1n) is 11.2. The molecule has 1 N–H and O–H groups in total. The Morgan fingerprint density at radius 3 is 2.65 bits per heavy atom. The predicted molar refractivity (Wildman–Crippen MR) is 129 cm³/mol. The van der Waals surface area contributed by atoms with Gasteiger partial charge in [-0.2, -0.15) is 0 Å². The molecule has 2 aromatic heterocycles. The van der Waals surface area contributed by atoms with E-state index in [2.05, 4.69) is 10.4 Å². The maximum Gasteiger partial charge on any atom is 0.352 e. The van der Waals surface area contributed by atoms with Crippen LogP contribution < -0.4 is 16.6 Å². The molecule has 4 aromatic rings. The SMILES string of the molecule is CCCn1c(=O)c2ccc(C(=O)N[C@H](C)CC)cc2n2c(=O)n(Cc3c(F)cccc3Cl)nc12. The minimum Gasteiger partial charge on any atom is -0.350 e. The van der Waals surface area contributed by atoms with Gasteiger partial charge in [0.2, 0.25) is 5.78 Å². The van der Waals surface area contributed by atoms with E-state index in [1.54, 1.807) is 12.1 Å². The van der Waals surface area contributed by atoms with Crippen LogP contribution in [0.25, 0.3) is 16.7 Å². The molecule has 10 heteroatoms. The number of aromatic nitrogens is 4. The standard InChI is InChI=1S/C24H25ClFN5O3/c1-4-11-29-22(33)16-10-9-15(21(32)27-14(3)5-2)12-20(16)31-23(29)28-30(24(31)34)13-17-18(25)7-6-8-19(17)26/h6-10,12,14H,4-5,11,13H2,1-3H3,(H,27,32)/t14-/m1/s1. The molecule has 0 unspecified atom stereocenters. The van der Waals surface area contributed by atoms with E-state index in [0.29, 0.717) is 18.5 Å². The Kier molecular flexibility index (Phi) is 6.56. The van der Waals surface area contributed by atoms with Crippen molar-refractivity contribution in [1.29, 1.82) is 0 Å². The molecule has 0 saturated heterocycles. The van der Waals surface area contributed by atoms with Gasteiger partial charge >= 0.3 is 5.69 Å². The molecule has 2 aromatic carbocycles. The lowest BCUT2D eigenvalue weighted by molar-refractivity contribution is 0.0939. The minimum absolute atomic E-state index is 0.0308. The van der Waals surface area contributed by atoms with Crippen molar-refractivity contribution in [2.24, 2.45) is 0 Å². The molecule has 0 bridgehead atoms. The Bertz CT molecular complexity index is 1500. The van der Waals surface area contributed by atoms with Gasteiger partial charge < -0.3 is 5.32 Å². The molecule has 2 heterocycles. The van der Waals surface area contributed by atoms with Gasteiger partial charge in [-0.3, -0.25) is 14.2 Å². The van der Waals surface area contributed by atoms with E-state index in [1.807, 2.05) is 20.8 Å². The van der Waals surface area contributed by atoms with Crippen LogP contribution in [0.5, 0.6) is 0 Å². The third-order valence-electron chi connectivity index (χ3n) is 5.85. The van der Waals surface area contributed by atoms with Crippen LogP contribution >= 0.6 is 11.6 Å². The molecule has 1 amide bonds. The average Bonchev–Trinajstić information content (AvgIpc) is 3.14. The molecule has 0 aliphatic heterocycles. The zero-order valence-electron chi connectivity index (χ0n) is 19.1. The van der Waals surface area contributed by atoms with Crippen molar-refractivity contribution < 1.29 is 9.18 Å². The van der Waals surface area contributed by atoms with Gasteiger partial charge in [0.1, 0.15) is 5.82 Å². The fourth-order valence-corrected chi connectivity index (χ4v) is 4.05. The molecule has 0 aliphatic carbocycles. The van der Waals surface area contributed by atoms with E-state index >= 15 is 0 Å². The van der Waals surface area contributed by atoms with Crippen molar-refractivity contribution in [3.63, 3.8) is 0 Å². The second kappa shape index (κ2) is 9.42. The number of nitrogens with zero attached hydrogens (tertiary/aromatic N) is 4. The number of benzene rings is 2. The van der Waals surface area contributed by atoms with Crippen molar-refractivity contribution in [3.05, 3.63) is 79.2 Å². The molecular formula is C24H25ClFN5O3. The number of nitrogens with one attached hydrogen (secondary N) is 1. The van der Waals surface area contributed by atoms with Gasteiger partial charge in [0.25, 0.3) is 11.5 Å². The highest BCUT2D eigenvalue weighted by atomic mass is 35.5. The molecule has 8 nitrogen and oxygen atoms in total. The third kappa shape index (κ3) is 4.11. The maximum absolute atomic E-state index is 14.4. The molecule has 0 aliphatic rings. The molecule has 0 spiro atoms. The van der Waals surface area contributed by atoms with E-state index in [0.717, 1.165) is 11.1 Å². The van der Waals surface area contributed by atoms with Gasteiger partial charge in [-0.15, -0.1) is 5.10 Å². The van der Waals surface area contributed by atoms with E-state index < -0.39 is 11.5 Å². The fraction of sp³-hybridized carbons (Fsp3) is 0.333. The smallest absolute Gasteiger partial charge is 0.350 e. The monoisotopic (exact) mass is 485 g/mol. The normalized spacial score (nSPS) is 12.4. The Hall–Kier alpha value is -3.46. The minimum atomic E-state index is -0.566. The van der Waals surface area contributed by atoms with E-state index in [1.165, 1.54) is 33.2 Å². The number of fused-ring (bicyclic) bond motifs is 3. The number of halogens is 2. The van der Waals surface area contributed by atoms with Crippen molar-refractivity contribution in [3.8, 4) is 0 Å². The first-order chi connectivity index (χ1) is 16.3. The Labute approximate surface area is 199 Å². The van der Waals surface area contributed by atoms with E-state index in [9.17, 15) is 18.8 Å². The molecule has 1 atom stereocenters. The van der Waals surface area contributed by atoms with Crippen LogP contribution in [-0.2, 0) is 13.1 Å². The van der Waals surface area contributed by atoms with Crippen LogP contribution in [0.4, 0.5) is 4.39 Å². The molecule has 0 fully saturated rings. The van der Waals surface area contributed by atoms with Gasteiger partial charge in [-0.1, -0.05) is 31.5 Å². The molecule has 34 heavy (non-hydrogen) atoms. The zero-order valence-corrected chi connectivity index (χ0v) is 19.9. The number of amides is 1. The molecule has 4 rings (SSSR count). The predicted octanol–water partition coefficient (Wildman–Crippen LogP) is 3.59. The lowest BCUT2D eigenvalue weighted by Gasteiger charge is -2.13. The second-order valence-electron chi connectivity index (χ2n) is 8.25. The van der Waals surface area contributed by atoms with Gasteiger partial charge in [0.05, 0.1) is 17.4 Å². The summed E-state index contributed by atoms with van der Waals surface area (Å²) in [7, 11) is 0. The van der Waals surface area contributed by atoms with E-state index in [4.69, 9.17) is 11.6 Å². The highest BCUT2D eigenvalue weighted by Crippen LogP contribution is 2.20. The summed E-state index contributed by atoms with van der Waals surface area (Å²) >= 11 is 6.15. The van der Waals surface area contributed by atoms with Gasteiger partial charge in [-0.05, 0) is 50.1 Å². The lowest BCUT2D eigenvalue weighted by Crippen LogP contribution is -2.32. The summed E-state index contributed by atoms with van der Waals surface area (Å²) in [6.45, 7) is 5.89. The Balaban J connectivity index is 1.97. The second-order valence-corrected chi connectivity index (χ2v) is 8.65. The van der Waals surface area contributed by atoms with Gasteiger partial charge in [0, 0.05) is 28.7 Å². The molecule has 0 saturated carbocycles. The summed E-state index contributed by atoms with van der Waals surface area (Å²) in [5, 5.41) is 7.70. The maximum atomic E-state index is 14.4. The van der Waals surface area contributed by atoms with Crippen LogP contribution in [0.2, 0.25) is 5.02 Å². The number of hydrogen-bond donors (Lipinski definition) is 1. The van der Waals surface area contributed by atoms with Crippen molar-refractivity contribution in [2.45, 2.75) is 52.7 Å². The summed E-state index contributed by atoms with van der Waals surface area (Å²) < 4.78 is 18.2. The van der Waals surface area contributed by atoms with Gasteiger partial charge in [-0.25, -0.2) is 18.3 Å². The summed E-state index contributed by atoms with van der Waals surface area (Å²) in [4.78, 5) is 39.4. The van der Waals surface area contributed by atoms with Crippen LogP contribution in [-0.4, -0.2) is 30.7 Å². The Morgan fingerprint density at radius 2 is 1.97 bits per heavy atom. The topological polar surface area (TPSA) is 90.4 Å². The van der Waals surface area contributed by atoms with Crippen LogP contribution in [0, 0.1) is 5.82 Å². The highest BCUT2D eigenvalue weighted by Gasteiger charge is 2.20. The van der Waals surface area contributed by atoms with Crippen LogP contribution in [0.3, 0.4) is 0 Å². The quantitative estimate of drug-likeness (QED) is 0.433. The average molecular weight is 486 g/mol. The lowest BCUT2D eigenvalue weighted by atomic mass is 10.1. The number of carbonyl (C=O) groups is 1. The third-order valence-corrected chi connectivity index (χ3v) is 6.20. The summed E-state index contributed by atoms with van der Waals surface area (Å²) in [6, 6.07) is 8.87. The van der Waals surface area contributed by atoms with Crippen molar-refractivity contribution >= 4 is 34.2 Å². The highest BCUT2D eigenvalue weighted by molar-refractivity contribution is 6.31. The summed E-state index contributed by atoms with van der Waals surface area (Å²) in [5.41, 5.74) is -0.182. The molecule has 178 valence electrons. The summed E-state index contributed by atoms with van der Waals surface area (Å²) in [6.07, 6.45) is 1.40. The number of aryl methyl sites for hydroxylation is 1. The van der Waals surface area contributed by atoms with Crippen molar-refractivity contribution in [1.82, 2.24) is 24.1 Å². The first-order valence-corrected chi connectivity index (χ1v) is 11.5. The number of hydrogen-bond acceptors (Lipinski definition) is 4. The first kappa shape index (κ1) is 23.7. The molecular weight excluding hydrogens is 461 g/mol. The number of rotatable bonds is 7. The zero-order chi connectivity index (χ0) is 24.6.